The highest BCUT2D eigenvalue weighted by Gasteiger charge is 2.27. The number of nitrogens with zero attached hydrogens (tertiary/aromatic N) is 2. The van der Waals surface area contributed by atoms with Gasteiger partial charge in [-0.25, -0.2) is 12.8 Å². The van der Waals surface area contributed by atoms with Crippen LogP contribution in [0.4, 0.5) is 10.1 Å². The number of halogens is 1. The molecule has 2 aromatic rings. The zero-order valence-electron chi connectivity index (χ0n) is 15.8. The second-order valence-corrected chi connectivity index (χ2v) is 8.84. The van der Waals surface area contributed by atoms with Gasteiger partial charge in [0.25, 0.3) is 5.91 Å². The molecule has 8 heteroatoms. The highest BCUT2D eigenvalue weighted by atomic mass is 32.2. The highest BCUT2D eigenvalue weighted by molar-refractivity contribution is 7.89. The number of carbonyl (C=O) groups is 1. The van der Waals surface area contributed by atoms with E-state index in [0.717, 1.165) is 11.3 Å². The Labute approximate surface area is 165 Å². The zero-order chi connectivity index (χ0) is 20.1. The Morgan fingerprint density at radius 1 is 1.04 bits per heavy atom. The Morgan fingerprint density at radius 2 is 1.68 bits per heavy atom. The summed E-state index contributed by atoms with van der Waals surface area (Å²) in [6, 6.07) is 13.4. The van der Waals surface area contributed by atoms with E-state index in [1.54, 1.807) is 24.3 Å². The number of carbonyl (C=O) groups excluding carboxylic acids is 1. The molecule has 0 unspecified atom stereocenters. The molecule has 28 heavy (non-hydrogen) atoms. The first kappa shape index (κ1) is 20.3. The molecule has 1 N–H and O–H groups in total. The molecule has 150 valence electrons. The molecule has 1 saturated heterocycles. The third-order valence-electron chi connectivity index (χ3n) is 4.86. The van der Waals surface area contributed by atoms with Crippen molar-refractivity contribution in [2.45, 2.75) is 6.92 Å². The molecule has 3 rings (SSSR count). The molecule has 1 aliphatic rings. The number of benzene rings is 2. The maximum atomic E-state index is 13.0. The summed E-state index contributed by atoms with van der Waals surface area (Å²) in [6.07, 6.45) is 0. The van der Waals surface area contributed by atoms with Gasteiger partial charge in [-0.3, -0.25) is 4.79 Å². The van der Waals surface area contributed by atoms with Crippen LogP contribution in [-0.4, -0.2) is 57.1 Å². The molecule has 6 nitrogen and oxygen atoms in total. The lowest BCUT2D eigenvalue weighted by molar-refractivity contribution is 0.0955. The van der Waals surface area contributed by atoms with Crippen LogP contribution in [-0.2, 0) is 10.0 Å². The van der Waals surface area contributed by atoms with Crippen molar-refractivity contribution >= 4 is 21.6 Å². The number of amides is 1. The van der Waals surface area contributed by atoms with Crippen molar-refractivity contribution in [1.82, 2.24) is 9.62 Å². The van der Waals surface area contributed by atoms with Crippen LogP contribution < -0.4 is 10.2 Å². The van der Waals surface area contributed by atoms with Crippen molar-refractivity contribution < 1.29 is 17.6 Å². The van der Waals surface area contributed by atoms with E-state index in [1.807, 2.05) is 24.0 Å². The number of anilines is 1. The van der Waals surface area contributed by atoms with Gasteiger partial charge in [-0.15, -0.1) is 0 Å². The van der Waals surface area contributed by atoms with Gasteiger partial charge >= 0.3 is 0 Å². The number of hydrogen-bond acceptors (Lipinski definition) is 4. The van der Waals surface area contributed by atoms with Crippen molar-refractivity contribution in [3.05, 3.63) is 65.5 Å². The van der Waals surface area contributed by atoms with E-state index >= 15 is 0 Å². The Morgan fingerprint density at radius 3 is 2.32 bits per heavy atom. The summed E-state index contributed by atoms with van der Waals surface area (Å²) < 4.78 is 39.6. The first-order valence-corrected chi connectivity index (χ1v) is 10.8. The van der Waals surface area contributed by atoms with E-state index < -0.39 is 10.0 Å². The molecule has 0 aliphatic carbocycles. The van der Waals surface area contributed by atoms with Crippen LogP contribution in [0.5, 0.6) is 0 Å². The second-order valence-electron chi connectivity index (χ2n) is 6.75. The summed E-state index contributed by atoms with van der Waals surface area (Å²) in [5.41, 5.74) is 2.27. The van der Waals surface area contributed by atoms with E-state index in [9.17, 15) is 17.6 Å². The van der Waals surface area contributed by atoms with E-state index in [0.29, 0.717) is 31.7 Å². The van der Waals surface area contributed by atoms with Gasteiger partial charge in [0.2, 0.25) is 10.0 Å². The largest absolute Gasteiger partial charge is 0.369 e. The fraction of sp³-hybridized carbons (Fsp3) is 0.350. The van der Waals surface area contributed by atoms with Crippen molar-refractivity contribution in [2.75, 3.05) is 43.4 Å². The number of nitrogens with one attached hydrogen (secondary N) is 1. The predicted molar refractivity (Wildman–Crippen MR) is 107 cm³/mol. The topological polar surface area (TPSA) is 69.7 Å². The summed E-state index contributed by atoms with van der Waals surface area (Å²) in [5.74, 6) is -0.701. The van der Waals surface area contributed by atoms with Crippen molar-refractivity contribution in [3.8, 4) is 0 Å². The summed E-state index contributed by atoms with van der Waals surface area (Å²) in [5, 5.41) is 2.68. The smallest absolute Gasteiger partial charge is 0.251 e. The number of piperazine rings is 1. The van der Waals surface area contributed by atoms with Gasteiger partial charge in [-0.2, -0.15) is 4.31 Å². The standard InChI is InChI=1S/C20H24FN3O3S/c1-16-4-2-3-5-19(16)20(25)22-10-15-28(26,27)24-13-11-23(12-14-24)18-8-6-17(21)7-9-18/h2-9H,10-15H2,1H3,(H,22,25). The minimum absolute atomic E-state index is 0.0632. The monoisotopic (exact) mass is 405 g/mol. The molecule has 1 amide bonds. The molecule has 0 atom stereocenters. The van der Waals surface area contributed by atoms with E-state index in [1.165, 1.54) is 16.4 Å². The summed E-state index contributed by atoms with van der Waals surface area (Å²) >= 11 is 0. The molecule has 0 bridgehead atoms. The SMILES string of the molecule is Cc1ccccc1C(=O)NCCS(=O)(=O)N1CCN(c2ccc(F)cc2)CC1. The molecule has 0 aromatic heterocycles. The third kappa shape index (κ3) is 4.88. The van der Waals surface area contributed by atoms with Gasteiger partial charge < -0.3 is 10.2 Å². The van der Waals surface area contributed by atoms with Crippen LogP contribution in [0.2, 0.25) is 0 Å². The molecule has 1 fully saturated rings. The van der Waals surface area contributed by atoms with Crippen molar-refractivity contribution in [1.29, 1.82) is 0 Å². The molecule has 1 aliphatic heterocycles. The van der Waals surface area contributed by atoms with Gasteiger partial charge in [-0.1, -0.05) is 18.2 Å². The first-order valence-electron chi connectivity index (χ1n) is 9.19. The number of rotatable bonds is 6. The summed E-state index contributed by atoms with van der Waals surface area (Å²) in [7, 11) is -3.45. The molecule has 2 aromatic carbocycles. The molecular formula is C20H24FN3O3S. The minimum atomic E-state index is -3.45. The average Bonchev–Trinajstić information content (AvgIpc) is 2.69. The maximum absolute atomic E-state index is 13.0. The van der Waals surface area contributed by atoms with Crippen molar-refractivity contribution in [2.24, 2.45) is 0 Å². The third-order valence-corrected chi connectivity index (χ3v) is 6.73. The summed E-state index contributed by atoms with van der Waals surface area (Å²) in [4.78, 5) is 14.2. The van der Waals surface area contributed by atoms with Crippen LogP contribution in [0.1, 0.15) is 15.9 Å². The lowest BCUT2D eigenvalue weighted by Gasteiger charge is -2.35. The van der Waals surface area contributed by atoms with Gasteiger partial charge in [0.05, 0.1) is 5.75 Å². The quantitative estimate of drug-likeness (QED) is 0.798. The van der Waals surface area contributed by atoms with E-state index in [4.69, 9.17) is 0 Å². The lowest BCUT2D eigenvalue weighted by Crippen LogP contribution is -2.50. The minimum Gasteiger partial charge on any atom is -0.369 e. The first-order chi connectivity index (χ1) is 13.4. The van der Waals surface area contributed by atoms with E-state index in [2.05, 4.69) is 5.32 Å². The lowest BCUT2D eigenvalue weighted by atomic mass is 10.1. The second kappa shape index (κ2) is 8.70. The molecule has 1 heterocycles. The Balaban J connectivity index is 1.49. The van der Waals surface area contributed by atoms with Gasteiger partial charge in [0.15, 0.2) is 0 Å². The molecular weight excluding hydrogens is 381 g/mol. The Bertz CT molecular complexity index is 924. The maximum Gasteiger partial charge on any atom is 0.251 e. The zero-order valence-corrected chi connectivity index (χ0v) is 16.6. The number of hydrogen-bond donors (Lipinski definition) is 1. The van der Waals surface area contributed by atoms with Gasteiger partial charge in [-0.05, 0) is 42.8 Å². The highest BCUT2D eigenvalue weighted by Crippen LogP contribution is 2.18. The fourth-order valence-electron chi connectivity index (χ4n) is 3.22. The van der Waals surface area contributed by atoms with Crippen LogP contribution in [0.3, 0.4) is 0 Å². The van der Waals surface area contributed by atoms with Crippen LogP contribution in [0, 0.1) is 12.7 Å². The average molecular weight is 405 g/mol. The van der Waals surface area contributed by atoms with Crippen LogP contribution >= 0.6 is 0 Å². The van der Waals surface area contributed by atoms with E-state index in [-0.39, 0.29) is 24.0 Å². The van der Waals surface area contributed by atoms with Crippen molar-refractivity contribution in [3.63, 3.8) is 0 Å². The Kier molecular flexibility index (Phi) is 6.31. The van der Waals surface area contributed by atoms with Crippen LogP contribution in [0.25, 0.3) is 0 Å². The predicted octanol–water partition coefficient (Wildman–Crippen LogP) is 2.02. The molecule has 0 saturated carbocycles. The van der Waals surface area contributed by atoms with Gasteiger partial charge in [0.1, 0.15) is 5.82 Å². The van der Waals surface area contributed by atoms with Gasteiger partial charge in [0, 0.05) is 44.0 Å². The molecule has 0 radical (unpaired) electrons. The fourth-order valence-corrected chi connectivity index (χ4v) is 4.56. The van der Waals surface area contributed by atoms with Crippen LogP contribution in [0.15, 0.2) is 48.5 Å². The Hall–Kier alpha value is -2.45. The normalized spacial score (nSPS) is 15.4. The summed E-state index contributed by atoms with van der Waals surface area (Å²) in [6.45, 7) is 3.72. The number of aryl methyl sites for hydroxylation is 1. The molecule has 0 spiro atoms. The number of sulfonamides is 1.